The molecule has 2 aliphatic rings. The van der Waals surface area contributed by atoms with Crippen LogP contribution < -0.4 is 5.32 Å². The minimum atomic E-state index is -3.60. The van der Waals surface area contributed by atoms with Gasteiger partial charge in [-0.2, -0.15) is 9.29 Å². The Kier molecular flexibility index (Phi) is 6.88. The number of sulfonamides is 1. The summed E-state index contributed by atoms with van der Waals surface area (Å²) in [5.74, 6) is 0.725. The number of nitrogens with zero attached hydrogens (tertiary/aromatic N) is 3. The number of allylic oxidation sites excluding steroid dienone is 1. The average Bonchev–Trinajstić information content (AvgIpc) is 3.44. The highest BCUT2D eigenvalue weighted by atomic mass is 32.2. The Labute approximate surface area is 186 Å². The summed E-state index contributed by atoms with van der Waals surface area (Å²) in [5, 5.41) is 8.60. The van der Waals surface area contributed by atoms with Crippen LogP contribution in [0.1, 0.15) is 50.8 Å². The predicted molar refractivity (Wildman–Crippen MR) is 118 cm³/mol. The van der Waals surface area contributed by atoms with E-state index >= 15 is 0 Å². The van der Waals surface area contributed by atoms with E-state index in [-0.39, 0.29) is 16.0 Å². The summed E-state index contributed by atoms with van der Waals surface area (Å²) in [4.78, 5) is 16.7. The summed E-state index contributed by atoms with van der Waals surface area (Å²) in [7, 11) is -3.60. The number of hydrogen-bond acceptors (Lipinski definition) is 7. The van der Waals surface area contributed by atoms with E-state index in [1.54, 1.807) is 18.4 Å². The molecule has 2 aromatic heterocycles. The maximum Gasteiger partial charge on any atom is 0.252 e. The van der Waals surface area contributed by atoms with Gasteiger partial charge < -0.3 is 9.84 Å². The van der Waals surface area contributed by atoms with Gasteiger partial charge in [-0.15, -0.1) is 11.3 Å². The Balaban J connectivity index is 1.29. The van der Waals surface area contributed by atoms with Gasteiger partial charge in [0.1, 0.15) is 4.21 Å². The molecular formula is C21H28N4O4S2. The second kappa shape index (κ2) is 9.62. The van der Waals surface area contributed by atoms with Gasteiger partial charge in [0, 0.05) is 43.4 Å². The van der Waals surface area contributed by atoms with Crippen molar-refractivity contribution in [1.82, 2.24) is 19.8 Å². The largest absolute Gasteiger partial charge is 0.356 e. The molecule has 0 aromatic carbocycles. The summed E-state index contributed by atoms with van der Waals surface area (Å²) in [6.07, 6.45) is 9.09. The molecule has 2 aromatic rings. The monoisotopic (exact) mass is 464 g/mol. The highest BCUT2D eigenvalue weighted by Crippen LogP contribution is 2.31. The Morgan fingerprint density at radius 3 is 2.81 bits per heavy atom. The minimum Gasteiger partial charge on any atom is -0.356 e. The SMILES string of the molecule is Cc1nc(-c2csc(S(=O)(=O)N3CCC(C(=O)NCCC4=CCCCC4)CC3)c2)no1. The molecular weight excluding hydrogens is 436 g/mol. The number of aromatic nitrogens is 2. The van der Waals surface area contributed by atoms with Crippen LogP contribution in [0.15, 0.2) is 31.8 Å². The third-order valence-corrected chi connectivity index (χ3v) is 9.22. The predicted octanol–water partition coefficient (Wildman–Crippen LogP) is 3.51. The van der Waals surface area contributed by atoms with Crippen molar-refractivity contribution < 1.29 is 17.7 Å². The van der Waals surface area contributed by atoms with Gasteiger partial charge in [-0.3, -0.25) is 4.79 Å². The number of thiophene rings is 1. The van der Waals surface area contributed by atoms with Crippen LogP contribution in [-0.2, 0) is 14.8 Å². The Bertz CT molecular complexity index is 1050. The number of amides is 1. The molecule has 31 heavy (non-hydrogen) atoms. The summed E-state index contributed by atoms with van der Waals surface area (Å²) in [5.41, 5.74) is 2.07. The third-order valence-electron chi connectivity index (χ3n) is 5.91. The standard InChI is InChI=1S/C21H28N4O4S2/c1-15-23-20(24-29-15)18-13-19(30-14-18)31(27,28)25-11-8-17(9-12-25)21(26)22-10-7-16-5-3-2-4-6-16/h5,13-14,17H,2-4,6-12H2,1H3,(H,22,26). The fourth-order valence-electron chi connectivity index (χ4n) is 4.09. The van der Waals surface area contributed by atoms with Gasteiger partial charge >= 0.3 is 0 Å². The Hall–Kier alpha value is -2.04. The van der Waals surface area contributed by atoms with Crippen molar-refractivity contribution in [2.75, 3.05) is 19.6 Å². The van der Waals surface area contributed by atoms with Crippen LogP contribution in [0.2, 0.25) is 0 Å². The van der Waals surface area contributed by atoms with Gasteiger partial charge in [0.25, 0.3) is 10.0 Å². The fourth-order valence-corrected chi connectivity index (χ4v) is 6.87. The molecule has 0 atom stereocenters. The first-order chi connectivity index (χ1) is 14.9. The number of rotatable bonds is 7. The van der Waals surface area contributed by atoms with E-state index in [1.165, 1.54) is 22.7 Å². The van der Waals surface area contributed by atoms with E-state index in [1.807, 2.05) is 0 Å². The molecule has 0 radical (unpaired) electrons. The molecule has 0 unspecified atom stereocenters. The normalized spacial score (nSPS) is 18.7. The lowest BCUT2D eigenvalue weighted by atomic mass is 9.96. The Morgan fingerprint density at radius 2 is 2.13 bits per heavy atom. The van der Waals surface area contributed by atoms with Crippen LogP contribution in [0.4, 0.5) is 0 Å². The van der Waals surface area contributed by atoms with Crippen LogP contribution in [0.25, 0.3) is 11.4 Å². The zero-order valence-corrected chi connectivity index (χ0v) is 19.3. The number of hydrogen-bond donors (Lipinski definition) is 1. The first-order valence-corrected chi connectivity index (χ1v) is 13.1. The van der Waals surface area contributed by atoms with Crippen molar-refractivity contribution in [3.05, 3.63) is 29.0 Å². The van der Waals surface area contributed by atoms with Crippen LogP contribution in [0, 0.1) is 12.8 Å². The highest BCUT2D eigenvalue weighted by molar-refractivity contribution is 7.91. The molecule has 3 heterocycles. The Morgan fingerprint density at radius 1 is 1.32 bits per heavy atom. The van der Waals surface area contributed by atoms with Gasteiger partial charge in [-0.25, -0.2) is 8.42 Å². The topological polar surface area (TPSA) is 105 Å². The van der Waals surface area contributed by atoms with Crippen LogP contribution in [-0.4, -0.2) is 48.4 Å². The van der Waals surface area contributed by atoms with Gasteiger partial charge in [0.15, 0.2) is 0 Å². The van der Waals surface area contributed by atoms with Gasteiger partial charge in [0.05, 0.1) is 0 Å². The zero-order valence-electron chi connectivity index (χ0n) is 17.7. The molecule has 1 fully saturated rings. The lowest BCUT2D eigenvalue weighted by Gasteiger charge is -2.30. The number of carbonyl (C=O) groups excluding carboxylic acids is 1. The second-order valence-electron chi connectivity index (χ2n) is 8.12. The van der Waals surface area contributed by atoms with E-state index in [2.05, 4.69) is 21.5 Å². The third kappa shape index (κ3) is 5.24. The van der Waals surface area contributed by atoms with E-state index < -0.39 is 10.0 Å². The maximum atomic E-state index is 13.0. The molecule has 10 heteroatoms. The van der Waals surface area contributed by atoms with Crippen molar-refractivity contribution in [1.29, 1.82) is 0 Å². The van der Waals surface area contributed by atoms with E-state index in [0.29, 0.717) is 49.8 Å². The maximum absolute atomic E-state index is 13.0. The fraction of sp³-hybridized carbons (Fsp3) is 0.571. The van der Waals surface area contributed by atoms with Crippen molar-refractivity contribution in [3.8, 4) is 11.4 Å². The number of piperidine rings is 1. The zero-order chi connectivity index (χ0) is 21.8. The van der Waals surface area contributed by atoms with E-state index in [0.717, 1.165) is 30.6 Å². The smallest absolute Gasteiger partial charge is 0.252 e. The van der Waals surface area contributed by atoms with Crippen molar-refractivity contribution >= 4 is 27.3 Å². The minimum absolute atomic E-state index is 0.0411. The van der Waals surface area contributed by atoms with E-state index in [9.17, 15) is 13.2 Å². The van der Waals surface area contributed by atoms with Crippen LogP contribution >= 0.6 is 11.3 Å². The molecule has 168 valence electrons. The molecule has 1 N–H and O–H groups in total. The molecule has 0 saturated carbocycles. The molecule has 1 saturated heterocycles. The van der Waals surface area contributed by atoms with Crippen LogP contribution in [0.5, 0.6) is 0 Å². The summed E-state index contributed by atoms with van der Waals surface area (Å²) in [6, 6.07) is 1.59. The van der Waals surface area contributed by atoms with Gasteiger partial charge in [0.2, 0.25) is 17.6 Å². The molecule has 0 spiro atoms. The average molecular weight is 465 g/mol. The van der Waals surface area contributed by atoms with Crippen molar-refractivity contribution in [3.63, 3.8) is 0 Å². The lowest BCUT2D eigenvalue weighted by Crippen LogP contribution is -2.43. The summed E-state index contributed by atoms with van der Waals surface area (Å²) in [6.45, 7) is 3.05. The first kappa shape index (κ1) is 22.2. The number of nitrogens with one attached hydrogen (secondary N) is 1. The molecule has 1 aliphatic carbocycles. The molecule has 4 rings (SSSR count). The summed E-state index contributed by atoms with van der Waals surface area (Å²) >= 11 is 1.15. The van der Waals surface area contributed by atoms with Gasteiger partial charge in [-0.1, -0.05) is 16.8 Å². The van der Waals surface area contributed by atoms with Crippen molar-refractivity contribution in [2.24, 2.45) is 5.92 Å². The van der Waals surface area contributed by atoms with E-state index in [4.69, 9.17) is 4.52 Å². The highest BCUT2D eigenvalue weighted by Gasteiger charge is 2.33. The lowest BCUT2D eigenvalue weighted by molar-refractivity contribution is -0.126. The second-order valence-corrected chi connectivity index (χ2v) is 11.2. The summed E-state index contributed by atoms with van der Waals surface area (Å²) < 4.78 is 32.8. The molecule has 1 aliphatic heterocycles. The molecule has 8 nitrogen and oxygen atoms in total. The van der Waals surface area contributed by atoms with Crippen LogP contribution in [0.3, 0.4) is 0 Å². The molecule has 1 amide bonds. The number of aryl methyl sites for hydroxylation is 1. The first-order valence-electron chi connectivity index (χ1n) is 10.8. The van der Waals surface area contributed by atoms with Crippen molar-refractivity contribution in [2.45, 2.75) is 56.1 Å². The quantitative estimate of drug-likeness (QED) is 0.629. The number of carbonyl (C=O) groups is 1. The van der Waals surface area contributed by atoms with Gasteiger partial charge in [-0.05, 0) is 51.0 Å². The molecule has 0 bridgehead atoms.